The van der Waals surface area contributed by atoms with Gasteiger partial charge in [-0.2, -0.15) is 0 Å². The highest BCUT2D eigenvalue weighted by Crippen LogP contribution is 2.32. The van der Waals surface area contributed by atoms with Gasteiger partial charge in [-0.25, -0.2) is 0 Å². The van der Waals surface area contributed by atoms with Crippen LogP contribution in [0.1, 0.15) is 30.1 Å². The molecule has 108 valence electrons. The molecule has 1 heterocycles. The van der Waals surface area contributed by atoms with Crippen LogP contribution < -0.4 is 0 Å². The second-order valence-corrected chi connectivity index (χ2v) is 5.41. The molecule has 6 nitrogen and oxygen atoms in total. The van der Waals surface area contributed by atoms with Gasteiger partial charge in [0.2, 0.25) is 0 Å². The van der Waals surface area contributed by atoms with Gasteiger partial charge in [0, 0.05) is 6.07 Å². The largest absolute Gasteiger partial charge is 0.386 e. The molecule has 1 aliphatic rings. The number of hydrogen-bond acceptors (Lipinski definition) is 4. The van der Waals surface area contributed by atoms with Crippen LogP contribution in [0, 0.1) is 10.1 Å². The lowest BCUT2D eigenvalue weighted by atomic mass is 9.88. The molecular formula is C13H15ClN2O4. The molecule has 0 radical (unpaired) electrons. The van der Waals surface area contributed by atoms with Gasteiger partial charge in [0.1, 0.15) is 5.02 Å². The first-order valence-electron chi connectivity index (χ1n) is 6.32. The predicted molar refractivity (Wildman–Crippen MR) is 73.9 cm³/mol. The van der Waals surface area contributed by atoms with E-state index in [0.717, 1.165) is 6.42 Å². The Hall–Kier alpha value is -1.66. The van der Waals surface area contributed by atoms with Crippen molar-refractivity contribution in [2.45, 2.75) is 25.4 Å². The Balaban J connectivity index is 2.16. The Bertz CT molecular complexity index is 555. The summed E-state index contributed by atoms with van der Waals surface area (Å²) in [6, 6.07) is 4.13. The molecule has 0 bridgehead atoms. The van der Waals surface area contributed by atoms with Crippen LogP contribution in [0.2, 0.25) is 5.02 Å². The predicted octanol–water partition coefficient (Wildman–Crippen LogP) is 2.24. The summed E-state index contributed by atoms with van der Waals surface area (Å²) in [4.78, 5) is 23.8. The molecule has 20 heavy (non-hydrogen) atoms. The number of rotatable bonds is 4. The molecule has 0 aromatic heterocycles. The quantitative estimate of drug-likeness (QED) is 0.682. The summed E-state index contributed by atoms with van der Waals surface area (Å²) in [6.07, 6.45) is 1.45. The van der Waals surface area contributed by atoms with Crippen molar-refractivity contribution >= 4 is 23.2 Å². The average molecular weight is 299 g/mol. The third kappa shape index (κ3) is 2.62. The molecule has 1 aromatic rings. The van der Waals surface area contributed by atoms with E-state index in [1.807, 2.05) is 6.92 Å². The number of nitro groups is 1. The Morgan fingerprint density at radius 1 is 1.55 bits per heavy atom. The maximum atomic E-state index is 12.2. The standard InChI is InChI=1S/C13H15ClN2O4/c1-2-6-13(18)7-15(8-13)12(17)9-4-3-5-10(11(9)14)16(19)20/h3-5,18H,2,6-8H2,1H3. The minimum absolute atomic E-state index is 0.0967. The first-order valence-corrected chi connectivity index (χ1v) is 6.70. The van der Waals surface area contributed by atoms with E-state index < -0.39 is 10.5 Å². The van der Waals surface area contributed by atoms with E-state index in [1.165, 1.54) is 23.1 Å². The van der Waals surface area contributed by atoms with Crippen molar-refractivity contribution in [2.75, 3.05) is 13.1 Å². The zero-order valence-electron chi connectivity index (χ0n) is 11.0. The van der Waals surface area contributed by atoms with Gasteiger partial charge < -0.3 is 10.0 Å². The lowest BCUT2D eigenvalue weighted by molar-refractivity contribution is -0.384. The Morgan fingerprint density at radius 3 is 2.75 bits per heavy atom. The highest BCUT2D eigenvalue weighted by atomic mass is 35.5. The maximum Gasteiger partial charge on any atom is 0.288 e. The van der Waals surface area contributed by atoms with Gasteiger partial charge >= 0.3 is 0 Å². The first kappa shape index (κ1) is 14.7. The molecule has 1 fully saturated rings. The number of halogens is 1. The van der Waals surface area contributed by atoms with Gasteiger partial charge in [0.15, 0.2) is 0 Å². The van der Waals surface area contributed by atoms with Crippen LogP contribution in [-0.4, -0.2) is 39.5 Å². The van der Waals surface area contributed by atoms with Crippen LogP contribution in [0.5, 0.6) is 0 Å². The molecule has 0 spiro atoms. The third-order valence-electron chi connectivity index (χ3n) is 3.38. The molecular weight excluding hydrogens is 284 g/mol. The second kappa shape index (κ2) is 5.38. The fraction of sp³-hybridized carbons (Fsp3) is 0.462. The van der Waals surface area contributed by atoms with Gasteiger partial charge in [-0.15, -0.1) is 0 Å². The maximum absolute atomic E-state index is 12.2. The minimum Gasteiger partial charge on any atom is -0.386 e. The Morgan fingerprint density at radius 2 is 2.20 bits per heavy atom. The van der Waals surface area contributed by atoms with Crippen LogP contribution in [-0.2, 0) is 0 Å². The number of benzene rings is 1. The van der Waals surface area contributed by atoms with Crippen molar-refractivity contribution in [2.24, 2.45) is 0 Å². The van der Waals surface area contributed by atoms with E-state index in [9.17, 15) is 20.0 Å². The lowest BCUT2D eigenvalue weighted by Crippen LogP contribution is -2.63. The van der Waals surface area contributed by atoms with E-state index in [-0.39, 0.29) is 35.3 Å². The number of hydrogen-bond donors (Lipinski definition) is 1. The fourth-order valence-corrected chi connectivity index (χ4v) is 2.70. The second-order valence-electron chi connectivity index (χ2n) is 5.03. The summed E-state index contributed by atoms with van der Waals surface area (Å²) in [7, 11) is 0. The van der Waals surface area contributed by atoms with Crippen LogP contribution in [0.3, 0.4) is 0 Å². The zero-order valence-corrected chi connectivity index (χ0v) is 11.8. The molecule has 2 rings (SSSR count). The first-order chi connectivity index (χ1) is 9.38. The van der Waals surface area contributed by atoms with Crippen LogP contribution >= 0.6 is 11.6 Å². The minimum atomic E-state index is -0.836. The van der Waals surface area contributed by atoms with Crippen molar-refractivity contribution < 1.29 is 14.8 Å². The summed E-state index contributed by atoms with van der Waals surface area (Å²) in [5, 5.41) is 20.7. The van der Waals surface area contributed by atoms with E-state index in [2.05, 4.69) is 0 Å². The van der Waals surface area contributed by atoms with Gasteiger partial charge in [-0.1, -0.05) is 31.0 Å². The number of aliphatic hydroxyl groups is 1. The van der Waals surface area contributed by atoms with Gasteiger partial charge in [-0.05, 0) is 12.5 Å². The summed E-state index contributed by atoms with van der Waals surface area (Å²) in [5.74, 6) is -0.389. The highest BCUT2D eigenvalue weighted by Gasteiger charge is 2.43. The smallest absolute Gasteiger partial charge is 0.288 e. The number of nitro benzene ring substituents is 1. The van der Waals surface area contributed by atoms with Crippen LogP contribution in [0.25, 0.3) is 0 Å². The van der Waals surface area contributed by atoms with Crippen molar-refractivity contribution in [1.29, 1.82) is 0 Å². The summed E-state index contributed by atoms with van der Waals surface area (Å²) in [5.41, 5.74) is -1.03. The topological polar surface area (TPSA) is 83.7 Å². The molecule has 1 N–H and O–H groups in total. The summed E-state index contributed by atoms with van der Waals surface area (Å²) < 4.78 is 0. The van der Waals surface area contributed by atoms with Crippen molar-refractivity contribution in [3.63, 3.8) is 0 Å². The number of likely N-dealkylation sites (tertiary alicyclic amines) is 1. The Labute approximate surface area is 121 Å². The molecule has 0 aliphatic carbocycles. The highest BCUT2D eigenvalue weighted by molar-refractivity contribution is 6.35. The Kier molecular flexibility index (Phi) is 3.96. The lowest BCUT2D eigenvalue weighted by Gasteiger charge is -2.46. The van der Waals surface area contributed by atoms with E-state index in [0.29, 0.717) is 6.42 Å². The normalized spacial score (nSPS) is 16.6. The van der Waals surface area contributed by atoms with Crippen molar-refractivity contribution in [3.05, 3.63) is 38.9 Å². The SMILES string of the molecule is CCCC1(O)CN(C(=O)c2cccc([N+](=O)[O-])c2Cl)C1. The van der Waals surface area contributed by atoms with Gasteiger partial charge in [0.25, 0.3) is 11.6 Å². The van der Waals surface area contributed by atoms with Crippen molar-refractivity contribution in [1.82, 2.24) is 4.90 Å². The molecule has 1 saturated heterocycles. The van der Waals surface area contributed by atoms with E-state index in [4.69, 9.17) is 11.6 Å². The van der Waals surface area contributed by atoms with Gasteiger partial charge in [0.05, 0.1) is 29.2 Å². The molecule has 0 saturated carbocycles. The van der Waals surface area contributed by atoms with Gasteiger partial charge in [-0.3, -0.25) is 14.9 Å². The number of carbonyl (C=O) groups is 1. The molecule has 1 amide bonds. The monoisotopic (exact) mass is 298 g/mol. The number of β-amino-alcohol motifs (C(OH)–C–C–N with tert-alkyl or cyclic N) is 1. The van der Waals surface area contributed by atoms with Crippen molar-refractivity contribution in [3.8, 4) is 0 Å². The summed E-state index contributed by atoms with van der Waals surface area (Å²) >= 11 is 5.90. The molecule has 1 aliphatic heterocycles. The number of nitrogens with zero attached hydrogens (tertiary/aromatic N) is 2. The zero-order chi connectivity index (χ0) is 14.9. The van der Waals surface area contributed by atoms with E-state index >= 15 is 0 Å². The van der Waals surface area contributed by atoms with E-state index in [1.54, 1.807) is 0 Å². The number of carbonyl (C=O) groups excluding carboxylic acids is 1. The molecule has 1 aromatic carbocycles. The molecule has 0 unspecified atom stereocenters. The molecule has 0 atom stereocenters. The third-order valence-corrected chi connectivity index (χ3v) is 3.78. The molecule has 7 heteroatoms. The van der Waals surface area contributed by atoms with Crippen LogP contribution in [0.15, 0.2) is 18.2 Å². The summed E-state index contributed by atoms with van der Waals surface area (Å²) in [6.45, 7) is 2.43. The van der Waals surface area contributed by atoms with Crippen LogP contribution in [0.4, 0.5) is 5.69 Å². The fourth-order valence-electron chi connectivity index (χ4n) is 2.43. The average Bonchev–Trinajstić information content (AvgIpc) is 2.35. The number of amides is 1.